The molecule has 0 saturated carbocycles. The summed E-state index contributed by atoms with van der Waals surface area (Å²) in [6, 6.07) is 50.4. The summed E-state index contributed by atoms with van der Waals surface area (Å²) in [5.41, 5.74) is 13.8. The Morgan fingerprint density at radius 3 is 2.10 bits per heavy atom. The highest BCUT2D eigenvalue weighted by molar-refractivity contribution is 6.03. The van der Waals surface area contributed by atoms with E-state index < -0.39 is 0 Å². The monoisotopic (exact) mass is 629 g/mol. The largest absolute Gasteiger partial charge is 0.332 e. The molecule has 5 aromatic carbocycles. The zero-order valence-electron chi connectivity index (χ0n) is 27.6. The number of anilines is 2. The van der Waals surface area contributed by atoms with Gasteiger partial charge < -0.3 is 4.90 Å². The molecule has 49 heavy (non-hydrogen) atoms. The molecule has 0 amide bonds. The molecule has 3 heterocycles. The molecule has 2 aromatic heterocycles. The van der Waals surface area contributed by atoms with Crippen LogP contribution in [-0.4, -0.2) is 16.0 Å². The average Bonchev–Trinajstić information content (AvgIpc) is 3.43. The van der Waals surface area contributed by atoms with E-state index in [0.29, 0.717) is 0 Å². The van der Waals surface area contributed by atoms with Crippen molar-refractivity contribution in [3.63, 3.8) is 0 Å². The van der Waals surface area contributed by atoms with E-state index in [-0.39, 0.29) is 11.5 Å². The Balaban J connectivity index is 1.13. The van der Waals surface area contributed by atoms with Gasteiger partial charge in [0.05, 0.1) is 17.4 Å². The van der Waals surface area contributed by atoms with Crippen molar-refractivity contribution in [3.05, 3.63) is 187 Å². The quantitative estimate of drug-likeness (QED) is 0.190. The Hall–Kier alpha value is -6.06. The molecular formula is C46H35N3. The number of fused-ring (bicyclic) bond motifs is 5. The van der Waals surface area contributed by atoms with E-state index in [1.54, 1.807) is 0 Å². The summed E-state index contributed by atoms with van der Waals surface area (Å²) >= 11 is 0. The van der Waals surface area contributed by atoms with Crippen molar-refractivity contribution < 1.29 is 0 Å². The van der Waals surface area contributed by atoms with Crippen molar-refractivity contribution in [2.75, 3.05) is 4.90 Å². The molecule has 7 aromatic rings. The Labute approximate surface area is 287 Å². The van der Waals surface area contributed by atoms with Crippen molar-refractivity contribution in [3.8, 4) is 33.4 Å². The highest BCUT2D eigenvalue weighted by atomic mass is 15.2. The first-order chi connectivity index (χ1) is 24.0. The molecule has 0 N–H and O–H groups in total. The number of hydrogen-bond donors (Lipinski definition) is 0. The van der Waals surface area contributed by atoms with Gasteiger partial charge in [0, 0.05) is 40.1 Å². The summed E-state index contributed by atoms with van der Waals surface area (Å²) in [6.07, 6.45) is 10.9. The van der Waals surface area contributed by atoms with Gasteiger partial charge in [-0.3, -0.25) is 9.97 Å². The van der Waals surface area contributed by atoms with E-state index in [2.05, 4.69) is 168 Å². The number of aryl methyl sites for hydroxylation is 1. The van der Waals surface area contributed by atoms with Gasteiger partial charge in [-0.25, -0.2) is 0 Å². The van der Waals surface area contributed by atoms with Crippen molar-refractivity contribution >= 4 is 27.7 Å². The minimum Gasteiger partial charge on any atom is -0.332 e. The molecule has 234 valence electrons. The molecule has 3 nitrogen and oxygen atoms in total. The molecule has 2 aliphatic rings. The fourth-order valence-electron chi connectivity index (χ4n) is 7.70. The third-order valence-corrected chi connectivity index (χ3v) is 10.3. The second-order valence-electron chi connectivity index (χ2n) is 13.4. The number of hydrogen-bond acceptors (Lipinski definition) is 3. The first-order valence-electron chi connectivity index (χ1n) is 16.9. The van der Waals surface area contributed by atoms with Gasteiger partial charge in [0.25, 0.3) is 0 Å². The number of aromatic nitrogens is 2. The summed E-state index contributed by atoms with van der Waals surface area (Å²) in [5.74, 6) is 0. The number of para-hydroxylation sites is 1. The number of nitrogens with zero attached hydrogens (tertiary/aromatic N) is 3. The SMILES string of the molecule is Cc1cc(-c2ccc(C3=CC4N(c5ccccc5)c5c(ccc6cc(-c7cccc(-c8ccccc8)c7)ccc56)C4(C)C=C3)nc2)ccn1. The summed E-state index contributed by atoms with van der Waals surface area (Å²) in [6.45, 7) is 4.39. The van der Waals surface area contributed by atoms with E-state index >= 15 is 0 Å². The normalized spacial score (nSPS) is 17.9. The van der Waals surface area contributed by atoms with Crippen molar-refractivity contribution in [2.24, 2.45) is 0 Å². The standard InChI is InChI=1S/C46H35N3/c1-31-26-36(23-25-47-31)39-18-21-43(48-30-39)38-22-24-46(2)42-20-17-37-28-35(34-13-9-12-33(27-34)32-10-5-3-6-11-32)16-19-41(37)45(42)49(44(46)29-38)40-14-7-4-8-15-40/h3-30,44H,1-2H3. The van der Waals surface area contributed by atoms with Gasteiger partial charge in [0.15, 0.2) is 0 Å². The highest BCUT2D eigenvalue weighted by Crippen LogP contribution is 2.55. The summed E-state index contributed by atoms with van der Waals surface area (Å²) in [4.78, 5) is 11.8. The zero-order valence-corrected chi connectivity index (χ0v) is 27.6. The molecular weight excluding hydrogens is 595 g/mol. The number of benzene rings is 5. The summed E-state index contributed by atoms with van der Waals surface area (Å²) in [7, 11) is 0. The van der Waals surface area contributed by atoms with Crippen LogP contribution in [-0.2, 0) is 5.41 Å². The number of allylic oxidation sites excluding steroid dienone is 2. The van der Waals surface area contributed by atoms with Crippen LogP contribution < -0.4 is 4.90 Å². The van der Waals surface area contributed by atoms with Crippen LogP contribution in [0, 0.1) is 6.92 Å². The van der Waals surface area contributed by atoms with Crippen LogP contribution in [0.5, 0.6) is 0 Å². The van der Waals surface area contributed by atoms with Crippen molar-refractivity contribution in [1.82, 2.24) is 9.97 Å². The molecule has 2 unspecified atom stereocenters. The first-order valence-corrected chi connectivity index (χ1v) is 16.9. The molecule has 0 fully saturated rings. The molecule has 0 bridgehead atoms. The molecule has 1 aliphatic carbocycles. The van der Waals surface area contributed by atoms with Crippen LogP contribution in [0.2, 0.25) is 0 Å². The molecule has 1 aliphatic heterocycles. The lowest BCUT2D eigenvalue weighted by Gasteiger charge is -2.36. The first kappa shape index (κ1) is 29.1. The maximum absolute atomic E-state index is 4.95. The minimum atomic E-state index is -0.208. The summed E-state index contributed by atoms with van der Waals surface area (Å²) < 4.78 is 0. The molecule has 0 radical (unpaired) electrons. The van der Waals surface area contributed by atoms with E-state index in [0.717, 1.165) is 28.1 Å². The Bertz CT molecular complexity index is 2410. The van der Waals surface area contributed by atoms with E-state index in [9.17, 15) is 0 Å². The van der Waals surface area contributed by atoms with Crippen LogP contribution in [0.15, 0.2) is 170 Å². The van der Waals surface area contributed by atoms with Crippen molar-refractivity contribution in [2.45, 2.75) is 25.3 Å². The van der Waals surface area contributed by atoms with Gasteiger partial charge in [-0.05, 0) is 101 Å². The van der Waals surface area contributed by atoms with Crippen LogP contribution in [0.4, 0.5) is 11.4 Å². The molecule has 3 heteroatoms. The Morgan fingerprint density at radius 2 is 1.33 bits per heavy atom. The maximum Gasteiger partial charge on any atom is 0.0699 e. The predicted molar refractivity (Wildman–Crippen MR) is 204 cm³/mol. The molecule has 0 saturated heterocycles. The highest BCUT2D eigenvalue weighted by Gasteiger charge is 2.48. The number of pyridine rings is 2. The van der Waals surface area contributed by atoms with Gasteiger partial charge in [-0.2, -0.15) is 0 Å². The van der Waals surface area contributed by atoms with Gasteiger partial charge in [-0.1, -0.05) is 115 Å². The second kappa shape index (κ2) is 11.6. The smallest absolute Gasteiger partial charge is 0.0699 e. The second-order valence-corrected chi connectivity index (χ2v) is 13.4. The molecule has 9 rings (SSSR count). The van der Waals surface area contributed by atoms with Crippen LogP contribution in [0.25, 0.3) is 49.7 Å². The number of rotatable bonds is 5. The fourth-order valence-corrected chi connectivity index (χ4v) is 7.70. The third kappa shape index (κ3) is 4.98. The minimum absolute atomic E-state index is 0.0852. The van der Waals surface area contributed by atoms with Crippen molar-refractivity contribution in [1.29, 1.82) is 0 Å². The lowest BCUT2D eigenvalue weighted by atomic mass is 9.74. The average molecular weight is 630 g/mol. The lowest BCUT2D eigenvalue weighted by molar-refractivity contribution is 0.552. The van der Waals surface area contributed by atoms with E-state index in [4.69, 9.17) is 4.98 Å². The van der Waals surface area contributed by atoms with Crippen LogP contribution in [0.1, 0.15) is 23.9 Å². The van der Waals surface area contributed by atoms with Crippen LogP contribution >= 0.6 is 0 Å². The maximum atomic E-state index is 4.95. The Kier molecular flexibility index (Phi) is 6.87. The third-order valence-electron chi connectivity index (χ3n) is 10.3. The topological polar surface area (TPSA) is 29.0 Å². The molecule has 2 atom stereocenters. The van der Waals surface area contributed by atoms with Gasteiger partial charge in [-0.15, -0.1) is 0 Å². The van der Waals surface area contributed by atoms with Gasteiger partial charge in [0.1, 0.15) is 0 Å². The van der Waals surface area contributed by atoms with E-state index in [1.807, 2.05) is 25.4 Å². The van der Waals surface area contributed by atoms with Gasteiger partial charge >= 0.3 is 0 Å². The zero-order chi connectivity index (χ0) is 33.0. The van der Waals surface area contributed by atoms with Gasteiger partial charge in [0.2, 0.25) is 0 Å². The molecule has 0 spiro atoms. The van der Waals surface area contributed by atoms with Crippen LogP contribution in [0.3, 0.4) is 0 Å². The van der Waals surface area contributed by atoms with E-state index in [1.165, 1.54) is 50.0 Å². The fraction of sp³-hybridized carbons (Fsp3) is 0.0870. The lowest BCUT2D eigenvalue weighted by Crippen LogP contribution is -2.39. The predicted octanol–water partition coefficient (Wildman–Crippen LogP) is 11.4. The Morgan fingerprint density at radius 1 is 0.612 bits per heavy atom. The summed E-state index contributed by atoms with van der Waals surface area (Å²) in [5, 5.41) is 2.50.